The minimum absolute atomic E-state index is 0.226. The van der Waals surface area contributed by atoms with Gasteiger partial charge in [0.05, 0.1) is 12.6 Å². The van der Waals surface area contributed by atoms with Crippen molar-refractivity contribution in [1.82, 2.24) is 9.47 Å². The first-order valence-corrected chi connectivity index (χ1v) is 10.4. The lowest BCUT2D eigenvalue weighted by molar-refractivity contribution is -0.131. The lowest BCUT2D eigenvalue weighted by Crippen LogP contribution is -2.36. The van der Waals surface area contributed by atoms with Crippen LogP contribution in [-0.4, -0.2) is 35.6 Å². The van der Waals surface area contributed by atoms with Crippen molar-refractivity contribution in [3.8, 4) is 5.75 Å². The molecule has 4 nitrogen and oxygen atoms in total. The van der Waals surface area contributed by atoms with E-state index in [4.69, 9.17) is 4.74 Å². The minimum atomic E-state index is 0.226. The molecule has 0 spiro atoms. The fourth-order valence-electron chi connectivity index (χ4n) is 4.38. The number of methoxy groups -OCH3 is 1. The van der Waals surface area contributed by atoms with Crippen LogP contribution in [0.2, 0.25) is 0 Å². The maximum Gasteiger partial charge on any atom is 0.242 e. The molecule has 0 bridgehead atoms. The van der Waals surface area contributed by atoms with E-state index >= 15 is 0 Å². The van der Waals surface area contributed by atoms with Gasteiger partial charge in [-0.1, -0.05) is 27.7 Å². The number of nitrogens with zero attached hydrogens (tertiary/aromatic N) is 2. The van der Waals surface area contributed by atoms with E-state index < -0.39 is 0 Å². The molecular formula is C23H34N2O2. The highest BCUT2D eigenvalue weighted by Crippen LogP contribution is 2.40. The van der Waals surface area contributed by atoms with Gasteiger partial charge in [0, 0.05) is 30.2 Å². The maximum atomic E-state index is 13.1. The number of fused-ring (bicyclic) bond motifs is 3. The van der Waals surface area contributed by atoms with Crippen LogP contribution in [0, 0.1) is 5.41 Å². The molecule has 4 heteroatoms. The van der Waals surface area contributed by atoms with Gasteiger partial charge in [0.15, 0.2) is 0 Å². The molecule has 0 fully saturated rings. The maximum absolute atomic E-state index is 13.1. The molecule has 0 N–H and O–H groups in total. The van der Waals surface area contributed by atoms with Gasteiger partial charge in [-0.15, -0.1) is 0 Å². The van der Waals surface area contributed by atoms with E-state index in [0.717, 1.165) is 50.0 Å². The third-order valence-corrected chi connectivity index (χ3v) is 5.83. The average Bonchev–Trinajstić information content (AvgIpc) is 2.92. The smallest absolute Gasteiger partial charge is 0.242 e. The molecule has 1 aromatic heterocycles. The Labute approximate surface area is 163 Å². The highest BCUT2D eigenvalue weighted by Gasteiger charge is 2.31. The van der Waals surface area contributed by atoms with Gasteiger partial charge < -0.3 is 14.2 Å². The zero-order chi connectivity index (χ0) is 19.6. The van der Waals surface area contributed by atoms with Gasteiger partial charge in [-0.05, 0) is 55.2 Å². The van der Waals surface area contributed by atoms with Gasteiger partial charge in [-0.3, -0.25) is 4.79 Å². The zero-order valence-corrected chi connectivity index (χ0v) is 17.6. The highest BCUT2D eigenvalue weighted by atomic mass is 16.5. The molecule has 1 heterocycles. The second kappa shape index (κ2) is 7.95. The molecule has 3 rings (SSSR count). The summed E-state index contributed by atoms with van der Waals surface area (Å²) in [5.74, 6) is 1.08. The summed E-state index contributed by atoms with van der Waals surface area (Å²) in [6.45, 7) is 11.0. The number of aromatic nitrogens is 1. The zero-order valence-electron chi connectivity index (χ0n) is 17.6. The van der Waals surface area contributed by atoms with Gasteiger partial charge in [0.2, 0.25) is 5.91 Å². The van der Waals surface area contributed by atoms with Crippen LogP contribution in [0.3, 0.4) is 0 Å². The Bertz CT molecular complexity index is 813. The molecule has 1 aromatic carbocycles. The Hall–Kier alpha value is -1.97. The Balaban J connectivity index is 2.05. The third-order valence-electron chi connectivity index (χ3n) is 5.83. The topological polar surface area (TPSA) is 34.5 Å². The molecule has 0 saturated heterocycles. The molecule has 0 saturated carbocycles. The van der Waals surface area contributed by atoms with E-state index in [2.05, 4.69) is 44.4 Å². The highest BCUT2D eigenvalue weighted by molar-refractivity contribution is 5.89. The predicted octanol–water partition coefficient (Wildman–Crippen LogP) is 4.81. The van der Waals surface area contributed by atoms with Crippen LogP contribution in [0.15, 0.2) is 18.2 Å². The molecular weight excluding hydrogens is 336 g/mol. The monoisotopic (exact) mass is 370 g/mol. The van der Waals surface area contributed by atoms with Crippen molar-refractivity contribution in [3.05, 3.63) is 29.5 Å². The molecule has 2 aromatic rings. The molecule has 1 amide bonds. The first-order chi connectivity index (χ1) is 12.9. The summed E-state index contributed by atoms with van der Waals surface area (Å²) >= 11 is 0. The van der Waals surface area contributed by atoms with Crippen molar-refractivity contribution in [1.29, 1.82) is 0 Å². The summed E-state index contributed by atoms with van der Waals surface area (Å²) < 4.78 is 7.74. The number of aryl methyl sites for hydroxylation is 1. The summed E-state index contributed by atoms with van der Waals surface area (Å²) in [4.78, 5) is 15.1. The molecule has 27 heavy (non-hydrogen) atoms. The first kappa shape index (κ1) is 19.8. The van der Waals surface area contributed by atoms with Gasteiger partial charge in [0.1, 0.15) is 12.3 Å². The standard InChI is InChI=1S/C23H34N2O2/c1-6-12-24(13-7-2)22(26)16-25-20-14-17(27-5)8-9-18(20)19-10-11-23(3,4)15-21(19)25/h8-9,14H,6-7,10-13,15-16H2,1-5H3. The van der Waals surface area contributed by atoms with Gasteiger partial charge in [0.25, 0.3) is 0 Å². The Morgan fingerprint density at radius 1 is 1.22 bits per heavy atom. The van der Waals surface area contributed by atoms with Crippen molar-refractivity contribution in [2.45, 2.75) is 66.3 Å². The van der Waals surface area contributed by atoms with Gasteiger partial charge >= 0.3 is 0 Å². The molecule has 1 aliphatic carbocycles. The Kier molecular flexibility index (Phi) is 5.83. The van der Waals surface area contributed by atoms with Crippen LogP contribution in [0.1, 0.15) is 58.2 Å². The number of carbonyl (C=O) groups is 1. The van der Waals surface area contributed by atoms with E-state index in [9.17, 15) is 4.79 Å². The number of amides is 1. The number of benzene rings is 1. The summed E-state index contributed by atoms with van der Waals surface area (Å²) in [6.07, 6.45) is 5.29. The number of carbonyl (C=O) groups excluding carboxylic acids is 1. The summed E-state index contributed by atoms with van der Waals surface area (Å²) in [6, 6.07) is 6.30. The predicted molar refractivity (Wildman–Crippen MR) is 111 cm³/mol. The Morgan fingerprint density at radius 3 is 2.56 bits per heavy atom. The SMILES string of the molecule is CCCN(CCC)C(=O)Cn1c2c(c3ccc(OC)cc31)CCC(C)(C)C2. The fraction of sp³-hybridized carbons (Fsp3) is 0.609. The van der Waals surface area contributed by atoms with Crippen LogP contribution in [0.5, 0.6) is 5.75 Å². The lowest BCUT2D eigenvalue weighted by Gasteiger charge is -2.31. The first-order valence-electron chi connectivity index (χ1n) is 10.4. The summed E-state index contributed by atoms with van der Waals surface area (Å²) in [7, 11) is 1.70. The van der Waals surface area contributed by atoms with Gasteiger partial charge in [-0.2, -0.15) is 0 Å². The third kappa shape index (κ3) is 3.99. The van der Waals surface area contributed by atoms with E-state index in [-0.39, 0.29) is 11.3 Å². The van der Waals surface area contributed by atoms with Crippen LogP contribution in [0.25, 0.3) is 10.9 Å². The van der Waals surface area contributed by atoms with Crippen molar-refractivity contribution in [3.63, 3.8) is 0 Å². The van der Waals surface area contributed by atoms with Crippen LogP contribution < -0.4 is 4.74 Å². The second-order valence-electron chi connectivity index (χ2n) is 8.62. The van der Waals surface area contributed by atoms with Crippen molar-refractivity contribution in [2.75, 3.05) is 20.2 Å². The largest absolute Gasteiger partial charge is 0.497 e. The number of hydrogen-bond donors (Lipinski definition) is 0. The van der Waals surface area contributed by atoms with Crippen LogP contribution in [-0.2, 0) is 24.2 Å². The molecule has 0 unspecified atom stereocenters. The molecule has 1 aliphatic rings. The van der Waals surface area contributed by atoms with E-state index in [1.807, 2.05) is 11.0 Å². The minimum Gasteiger partial charge on any atom is -0.497 e. The Morgan fingerprint density at radius 2 is 1.93 bits per heavy atom. The lowest BCUT2D eigenvalue weighted by atomic mass is 9.76. The fourth-order valence-corrected chi connectivity index (χ4v) is 4.38. The summed E-state index contributed by atoms with van der Waals surface area (Å²) in [5.41, 5.74) is 4.19. The van der Waals surface area contributed by atoms with E-state index in [1.54, 1.807) is 7.11 Å². The van der Waals surface area contributed by atoms with Gasteiger partial charge in [-0.25, -0.2) is 0 Å². The van der Waals surface area contributed by atoms with E-state index in [1.165, 1.54) is 23.1 Å². The summed E-state index contributed by atoms with van der Waals surface area (Å²) in [5, 5.41) is 1.28. The quantitative estimate of drug-likeness (QED) is 0.701. The van der Waals surface area contributed by atoms with Crippen molar-refractivity contribution in [2.24, 2.45) is 5.41 Å². The molecule has 0 aliphatic heterocycles. The van der Waals surface area contributed by atoms with Crippen molar-refractivity contribution < 1.29 is 9.53 Å². The average molecular weight is 371 g/mol. The molecule has 148 valence electrons. The second-order valence-corrected chi connectivity index (χ2v) is 8.62. The normalized spacial score (nSPS) is 15.6. The van der Waals surface area contributed by atoms with E-state index in [0.29, 0.717) is 6.54 Å². The van der Waals surface area contributed by atoms with Crippen LogP contribution in [0.4, 0.5) is 0 Å². The van der Waals surface area contributed by atoms with Crippen molar-refractivity contribution >= 4 is 16.8 Å². The molecule has 0 radical (unpaired) electrons. The number of hydrogen-bond acceptors (Lipinski definition) is 2. The number of rotatable bonds is 7. The van der Waals surface area contributed by atoms with Crippen LogP contribution >= 0.6 is 0 Å². The number of ether oxygens (including phenoxy) is 1. The molecule has 0 atom stereocenters.